The number of carbonyl (C=O) groups is 1. The summed E-state index contributed by atoms with van der Waals surface area (Å²) in [6, 6.07) is 1.75. The topological polar surface area (TPSA) is 68.0 Å². The van der Waals surface area contributed by atoms with Crippen molar-refractivity contribution in [1.29, 1.82) is 0 Å². The van der Waals surface area contributed by atoms with Crippen molar-refractivity contribution >= 4 is 23.1 Å². The predicted molar refractivity (Wildman–Crippen MR) is 58.1 cm³/mol. The third-order valence-corrected chi connectivity index (χ3v) is 1.70. The first-order chi connectivity index (χ1) is 6.59. The van der Waals surface area contributed by atoms with Crippen molar-refractivity contribution in [3.8, 4) is 0 Å². The van der Waals surface area contributed by atoms with E-state index in [1.54, 1.807) is 12.3 Å². The lowest BCUT2D eigenvalue weighted by molar-refractivity contribution is 0.0959. The third-order valence-electron chi connectivity index (χ3n) is 1.56. The minimum Gasteiger partial charge on any atom is -0.392 e. The number of carbonyl (C=O) groups excluding carboxylic acids is 1. The summed E-state index contributed by atoms with van der Waals surface area (Å²) in [6.45, 7) is 2.08. The lowest BCUT2D eigenvalue weighted by Gasteiger charge is -2.03. The van der Waals surface area contributed by atoms with Crippen molar-refractivity contribution < 1.29 is 4.79 Å². The van der Waals surface area contributed by atoms with Crippen LogP contribution in [0.15, 0.2) is 18.5 Å². The smallest absolute Gasteiger partial charge is 0.253 e. The van der Waals surface area contributed by atoms with Crippen LogP contribution in [0.25, 0.3) is 0 Å². The van der Waals surface area contributed by atoms with E-state index in [0.717, 1.165) is 5.56 Å². The Labute approximate surface area is 87.5 Å². The van der Waals surface area contributed by atoms with Crippen LogP contribution < -0.4 is 11.1 Å². The quantitative estimate of drug-likeness (QED) is 0.707. The van der Waals surface area contributed by atoms with Gasteiger partial charge in [0.1, 0.15) is 0 Å². The maximum Gasteiger partial charge on any atom is 0.253 e. The van der Waals surface area contributed by atoms with Gasteiger partial charge in [-0.05, 0) is 18.6 Å². The van der Waals surface area contributed by atoms with Gasteiger partial charge >= 0.3 is 0 Å². The van der Waals surface area contributed by atoms with Gasteiger partial charge in [-0.2, -0.15) is 0 Å². The molecule has 0 aliphatic carbocycles. The molecular weight excluding hydrogens is 198 g/mol. The molecule has 1 aromatic heterocycles. The zero-order valence-corrected chi connectivity index (χ0v) is 8.60. The predicted octanol–water partition coefficient (Wildman–Crippen LogP) is 0.406. The first-order valence-corrected chi connectivity index (χ1v) is 4.48. The van der Waals surface area contributed by atoms with Gasteiger partial charge in [0.2, 0.25) is 0 Å². The molecule has 0 atom stereocenters. The van der Waals surface area contributed by atoms with Crippen molar-refractivity contribution in [3.63, 3.8) is 0 Å². The Bertz CT molecular complexity index is 365. The molecule has 0 spiro atoms. The standard InChI is InChI=1S/C9H11N3OS/c1-6-2-7(4-11-3-6)9(13)12-5-8(10)14/h2-4H,5H2,1H3,(H2,10,14)(H,12,13). The average molecular weight is 209 g/mol. The summed E-state index contributed by atoms with van der Waals surface area (Å²) in [7, 11) is 0. The van der Waals surface area contributed by atoms with Gasteiger partial charge in [0.15, 0.2) is 0 Å². The number of hydrogen-bond donors (Lipinski definition) is 2. The van der Waals surface area contributed by atoms with Crippen LogP contribution in [0.5, 0.6) is 0 Å². The van der Waals surface area contributed by atoms with E-state index in [1.165, 1.54) is 6.20 Å². The minimum atomic E-state index is -0.214. The number of nitrogens with two attached hydrogens (primary N) is 1. The highest BCUT2D eigenvalue weighted by atomic mass is 32.1. The molecule has 74 valence electrons. The van der Waals surface area contributed by atoms with E-state index in [9.17, 15) is 4.79 Å². The molecule has 1 rings (SSSR count). The van der Waals surface area contributed by atoms with Gasteiger partial charge in [-0.15, -0.1) is 0 Å². The molecule has 1 aromatic rings. The number of nitrogens with zero attached hydrogens (tertiary/aromatic N) is 1. The minimum absolute atomic E-state index is 0.210. The van der Waals surface area contributed by atoms with Crippen LogP contribution in [-0.2, 0) is 0 Å². The molecule has 0 aromatic carbocycles. The van der Waals surface area contributed by atoms with Crippen LogP contribution in [0.4, 0.5) is 0 Å². The van der Waals surface area contributed by atoms with Gasteiger partial charge in [0.25, 0.3) is 5.91 Å². The third kappa shape index (κ3) is 3.10. The van der Waals surface area contributed by atoms with Gasteiger partial charge in [-0.25, -0.2) is 0 Å². The highest BCUT2D eigenvalue weighted by Gasteiger charge is 2.05. The fourth-order valence-corrected chi connectivity index (χ4v) is 1.02. The molecule has 0 bridgehead atoms. The first kappa shape index (κ1) is 10.6. The van der Waals surface area contributed by atoms with E-state index >= 15 is 0 Å². The summed E-state index contributed by atoms with van der Waals surface area (Å²) in [6.07, 6.45) is 3.19. The summed E-state index contributed by atoms with van der Waals surface area (Å²) in [5, 5.41) is 2.58. The Morgan fingerprint density at radius 3 is 2.93 bits per heavy atom. The first-order valence-electron chi connectivity index (χ1n) is 4.08. The number of pyridine rings is 1. The van der Waals surface area contributed by atoms with Gasteiger partial charge < -0.3 is 11.1 Å². The van der Waals surface area contributed by atoms with E-state index < -0.39 is 0 Å². The zero-order valence-electron chi connectivity index (χ0n) is 7.78. The van der Waals surface area contributed by atoms with Crippen LogP contribution in [0.3, 0.4) is 0 Å². The maximum absolute atomic E-state index is 11.4. The highest BCUT2D eigenvalue weighted by molar-refractivity contribution is 7.80. The molecule has 0 unspecified atom stereocenters. The number of amides is 1. The Morgan fingerprint density at radius 1 is 1.64 bits per heavy atom. The second-order valence-electron chi connectivity index (χ2n) is 2.90. The van der Waals surface area contributed by atoms with Crippen molar-refractivity contribution in [2.24, 2.45) is 5.73 Å². The monoisotopic (exact) mass is 209 g/mol. The summed E-state index contributed by atoms with van der Waals surface area (Å²) >= 11 is 4.64. The second kappa shape index (κ2) is 4.66. The van der Waals surface area contributed by atoms with Crippen molar-refractivity contribution in [3.05, 3.63) is 29.6 Å². The number of thiocarbonyl (C=S) groups is 1. The number of aryl methyl sites for hydroxylation is 1. The molecule has 3 N–H and O–H groups in total. The fraction of sp³-hybridized carbons (Fsp3) is 0.222. The van der Waals surface area contributed by atoms with Gasteiger partial charge in [0, 0.05) is 12.4 Å². The molecule has 4 nitrogen and oxygen atoms in total. The molecular formula is C9H11N3OS. The highest BCUT2D eigenvalue weighted by Crippen LogP contribution is 2.00. The number of rotatable bonds is 3. The average Bonchev–Trinajstić information content (AvgIpc) is 2.14. The molecule has 5 heteroatoms. The summed E-state index contributed by atoms with van der Waals surface area (Å²) < 4.78 is 0. The number of nitrogens with one attached hydrogen (secondary N) is 1. The van der Waals surface area contributed by atoms with Gasteiger partial charge in [-0.1, -0.05) is 12.2 Å². The maximum atomic E-state index is 11.4. The van der Waals surface area contributed by atoms with Gasteiger partial charge in [0.05, 0.1) is 17.1 Å². The Balaban J connectivity index is 2.65. The lowest BCUT2D eigenvalue weighted by atomic mass is 10.2. The normalized spacial score (nSPS) is 9.50. The van der Waals surface area contributed by atoms with Crippen LogP contribution in [-0.4, -0.2) is 22.4 Å². The molecule has 0 radical (unpaired) electrons. The number of hydrogen-bond acceptors (Lipinski definition) is 3. The summed E-state index contributed by atoms with van der Waals surface area (Å²) in [5.41, 5.74) is 6.70. The van der Waals surface area contributed by atoms with Crippen molar-refractivity contribution in [2.45, 2.75) is 6.92 Å². The van der Waals surface area contributed by atoms with E-state index in [1.807, 2.05) is 6.92 Å². The van der Waals surface area contributed by atoms with Crippen molar-refractivity contribution in [1.82, 2.24) is 10.3 Å². The van der Waals surface area contributed by atoms with Crippen LogP contribution in [0, 0.1) is 6.92 Å². The van der Waals surface area contributed by atoms with Crippen molar-refractivity contribution in [2.75, 3.05) is 6.54 Å². The largest absolute Gasteiger partial charge is 0.392 e. The molecule has 0 aliphatic heterocycles. The van der Waals surface area contributed by atoms with E-state index in [0.29, 0.717) is 5.56 Å². The van der Waals surface area contributed by atoms with E-state index in [4.69, 9.17) is 5.73 Å². The fourth-order valence-electron chi connectivity index (χ4n) is 0.949. The molecule has 14 heavy (non-hydrogen) atoms. The number of aromatic nitrogens is 1. The summed E-state index contributed by atoms with van der Waals surface area (Å²) in [4.78, 5) is 15.6. The Hall–Kier alpha value is -1.49. The van der Waals surface area contributed by atoms with Crippen LogP contribution in [0.1, 0.15) is 15.9 Å². The Kier molecular flexibility index (Phi) is 3.53. The van der Waals surface area contributed by atoms with E-state index in [2.05, 4.69) is 22.5 Å². The molecule has 1 amide bonds. The van der Waals surface area contributed by atoms with Crippen LogP contribution >= 0.6 is 12.2 Å². The lowest BCUT2D eigenvalue weighted by Crippen LogP contribution is -2.32. The van der Waals surface area contributed by atoms with Crippen LogP contribution in [0.2, 0.25) is 0 Å². The second-order valence-corrected chi connectivity index (χ2v) is 3.42. The molecule has 0 fully saturated rings. The molecule has 0 saturated carbocycles. The summed E-state index contributed by atoms with van der Waals surface area (Å²) in [5.74, 6) is -0.214. The van der Waals surface area contributed by atoms with Gasteiger partial charge in [-0.3, -0.25) is 9.78 Å². The SMILES string of the molecule is Cc1cncc(C(=O)NCC(N)=S)c1. The van der Waals surface area contributed by atoms with E-state index in [-0.39, 0.29) is 17.4 Å². The molecule has 0 aliphatic rings. The molecule has 0 saturated heterocycles. The zero-order chi connectivity index (χ0) is 10.6. The molecule has 1 heterocycles. The Morgan fingerprint density at radius 2 is 2.36 bits per heavy atom.